The summed E-state index contributed by atoms with van der Waals surface area (Å²) in [6.07, 6.45) is 7.49. The number of rotatable bonds is 0. The van der Waals surface area contributed by atoms with Gasteiger partial charge in [-0.1, -0.05) is 13.3 Å². The van der Waals surface area contributed by atoms with Gasteiger partial charge in [-0.3, -0.25) is 0 Å². The molecule has 4 atom stereocenters. The average Bonchev–Trinajstić information content (AvgIpc) is 2.04. The Morgan fingerprint density at radius 1 is 1.08 bits per heavy atom. The van der Waals surface area contributed by atoms with Gasteiger partial charge in [0.2, 0.25) is 0 Å². The minimum Gasteiger partial charge on any atom is -0.334 e. The zero-order valence-corrected chi connectivity index (χ0v) is 8.47. The number of hydrogen-bond donors (Lipinski definition) is 1. The molecule has 70 valence electrons. The first kappa shape index (κ1) is 8.55. The van der Waals surface area contributed by atoms with Crippen molar-refractivity contribution in [1.29, 1.82) is 0 Å². The van der Waals surface area contributed by atoms with Crippen LogP contribution in [-0.2, 0) is 0 Å². The van der Waals surface area contributed by atoms with Gasteiger partial charge in [0.05, 0.1) is 19.6 Å². The van der Waals surface area contributed by atoms with Crippen LogP contribution >= 0.6 is 0 Å². The molecule has 12 heavy (non-hydrogen) atoms. The van der Waals surface area contributed by atoms with Crippen molar-refractivity contribution in [3.8, 4) is 0 Å². The van der Waals surface area contributed by atoms with E-state index in [-0.39, 0.29) is 0 Å². The summed E-state index contributed by atoms with van der Waals surface area (Å²) in [4.78, 5) is 1.82. The van der Waals surface area contributed by atoms with Crippen molar-refractivity contribution in [2.24, 2.45) is 11.8 Å². The Morgan fingerprint density at radius 3 is 2.58 bits per heavy atom. The van der Waals surface area contributed by atoms with Crippen molar-refractivity contribution >= 4 is 0 Å². The van der Waals surface area contributed by atoms with Crippen molar-refractivity contribution in [2.75, 3.05) is 13.6 Å². The van der Waals surface area contributed by atoms with Crippen LogP contribution in [-0.4, -0.2) is 19.6 Å². The highest BCUT2D eigenvalue weighted by Gasteiger charge is 2.38. The van der Waals surface area contributed by atoms with Gasteiger partial charge in [0.25, 0.3) is 0 Å². The van der Waals surface area contributed by atoms with E-state index in [1.165, 1.54) is 38.6 Å². The summed E-state index contributed by atoms with van der Waals surface area (Å²) in [7, 11) is 2.40. The Balaban J connectivity index is 2.07. The molecule has 0 bridgehead atoms. The second kappa shape index (κ2) is 3.37. The van der Waals surface area contributed by atoms with E-state index in [9.17, 15) is 0 Å². The summed E-state index contributed by atoms with van der Waals surface area (Å²) in [5, 5.41) is 0. The van der Waals surface area contributed by atoms with E-state index in [0.717, 1.165) is 17.9 Å². The van der Waals surface area contributed by atoms with Crippen molar-refractivity contribution in [3.63, 3.8) is 0 Å². The molecule has 1 aliphatic heterocycles. The Labute approximate surface area is 76.1 Å². The van der Waals surface area contributed by atoms with Gasteiger partial charge in [-0.15, -0.1) is 0 Å². The summed E-state index contributed by atoms with van der Waals surface area (Å²) in [5.74, 6) is 2.06. The molecule has 1 saturated heterocycles. The Hall–Kier alpha value is -0.0400. The molecule has 1 heterocycles. The standard InChI is InChI=1S/C11H21N/c1-9-5-3-6-10-7-4-8-12(2)11(9)10/h9-11H,3-8H2,1-2H3/p+1/t9-,10-,11+/m0/s1. The van der Waals surface area contributed by atoms with Crippen LogP contribution in [0.3, 0.4) is 0 Å². The predicted molar refractivity (Wildman–Crippen MR) is 51.3 cm³/mol. The second-order valence-electron chi connectivity index (χ2n) is 4.93. The fraction of sp³-hybridized carbons (Fsp3) is 1.00. The van der Waals surface area contributed by atoms with Crippen molar-refractivity contribution in [2.45, 2.75) is 45.1 Å². The zero-order valence-electron chi connectivity index (χ0n) is 8.47. The minimum atomic E-state index is 0.990. The molecule has 2 aliphatic rings. The fourth-order valence-corrected chi connectivity index (χ4v) is 3.55. The molecule has 1 nitrogen and oxygen atoms in total. The molecule has 0 aromatic heterocycles. The molecule has 0 radical (unpaired) electrons. The molecule has 2 rings (SSSR count). The van der Waals surface area contributed by atoms with Crippen LogP contribution in [0.25, 0.3) is 0 Å². The lowest BCUT2D eigenvalue weighted by atomic mass is 9.73. The first-order valence-corrected chi connectivity index (χ1v) is 5.61. The third kappa shape index (κ3) is 1.39. The Bertz CT molecular complexity index is 139. The number of nitrogens with one attached hydrogen (secondary N) is 1. The summed E-state index contributed by atoms with van der Waals surface area (Å²) in [5.41, 5.74) is 0. The van der Waals surface area contributed by atoms with E-state index in [1.54, 1.807) is 0 Å². The second-order valence-corrected chi connectivity index (χ2v) is 4.93. The molecular weight excluding hydrogens is 146 g/mol. The van der Waals surface area contributed by atoms with E-state index >= 15 is 0 Å². The van der Waals surface area contributed by atoms with Crippen molar-refractivity contribution in [1.82, 2.24) is 0 Å². The van der Waals surface area contributed by atoms with E-state index in [2.05, 4.69) is 14.0 Å². The maximum atomic E-state index is 2.46. The largest absolute Gasteiger partial charge is 0.334 e. The van der Waals surface area contributed by atoms with Crippen LogP contribution in [0.4, 0.5) is 0 Å². The van der Waals surface area contributed by atoms with Crippen LogP contribution in [0.1, 0.15) is 39.0 Å². The molecule has 1 heteroatoms. The Morgan fingerprint density at radius 2 is 1.83 bits per heavy atom. The molecular formula is C11H22N+. The van der Waals surface area contributed by atoms with Gasteiger partial charge in [-0.25, -0.2) is 0 Å². The summed E-state index contributed by atoms with van der Waals surface area (Å²) in [6.45, 7) is 3.89. The molecule has 1 aliphatic carbocycles. The third-order valence-corrected chi connectivity index (χ3v) is 4.07. The summed E-state index contributed by atoms with van der Waals surface area (Å²) >= 11 is 0. The normalized spacial score (nSPS) is 48.5. The van der Waals surface area contributed by atoms with Crippen LogP contribution in [0.2, 0.25) is 0 Å². The third-order valence-electron chi connectivity index (χ3n) is 4.07. The van der Waals surface area contributed by atoms with Crippen LogP contribution in [0.5, 0.6) is 0 Å². The highest BCUT2D eigenvalue weighted by molar-refractivity contribution is 4.81. The van der Waals surface area contributed by atoms with E-state index in [4.69, 9.17) is 0 Å². The molecule has 2 fully saturated rings. The van der Waals surface area contributed by atoms with Crippen molar-refractivity contribution in [3.05, 3.63) is 0 Å². The SMILES string of the molecule is C[C@H]1CCC[C@H]2CCC[NH+](C)[C@@H]21. The number of fused-ring (bicyclic) bond motifs is 1. The molecule has 0 aromatic rings. The molecule has 1 unspecified atom stereocenters. The summed E-state index contributed by atoms with van der Waals surface area (Å²) in [6, 6.07) is 1.01. The van der Waals surface area contributed by atoms with Crippen molar-refractivity contribution < 1.29 is 4.90 Å². The van der Waals surface area contributed by atoms with Crippen LogP contribution in [0, 0.1) is 11.8 Å². The average molecular weight is 168 g/mol. The van der Waals surface area contributed by atoms with E-state index in [1.807, 2.05) is 4.90 Å². The first-order chi connectivity index (χ1) is 5.79. The van der Waals surface area contributed by atoms with E-state index < -0.39 is 0 Å². The lowest BCUT2D eigenvalue weighted by molar-refractivity contribution is -0.921. The molecule has 0 aromatic carbocycles. The fourth-order valence-electron chi connectivity index (χ4n) is 3.55. The molecule has 0 amide bonds. The van der Waals surface area contributed by atoms with Crippen LogP contribution in [0.15, 0.2) is 0 Å². The van der Waals surface area contributed by atoms with Crippen LogP contribution < -0.4 is 4.90 Å². The highest BCUT2D eigenvalue weighted by Crippen LogP contribution is 2.31. The van der Waals surface area contributed by atoms with Gasteiger partial charge in [-0.05, 0) is 25.7 Å². The number of piperidine rings is 1. The molecule has 1 N–H and O–H groups in total. The Kier molecular flexibility index (Phi) is 2.40. The topological polar surface area (TPSA) is 4.44 Å². The quantitative estimate of drug-likeness (QED) is 0.552. The number of hydrogen-bond acceptors (Lipinski definition) is 0. The van der Waals surface area contributed by atoms with Gasteiger partial charge in [-0.2, -0.15) is 0 Å². The predicted octanol–water partition coefficient (Wildman–Crippen LogP) is 1.10. The first-order valence-electron chi connectivity index (χ1n) is 5.61. The lowest BCUT2D eigenvalue weighted by Crippen LogP contribution is -3.15. The zero-order chi connectivity index (χ0) is 8.55. The lowest BCUT2D eigenvalue weighted by Gasteiger charge is -2.42. The maximum Gasteiger partial charge on any atom is 0.0926 e. The maximum absolute atomic E-state index is 2.46. The minimum absolute atomic E-state index is 0.990. The molecule has 0 spiro atoms. The monoisotopic (exact) mass is 168 g/mol. The van der Waals surface area contributed by atoms with Gasteiger partial charge >= 0.3 is 0 Å². The molecule has 1 saturated carbocycles. The number of quaternary nitrogens is 1. The van der Waals surface area contributed by atoms with Gasteiger partial charge in [0.1, 0.15) is 0 Å². The van der Waals surface area contributed by atoms with Gasteiger partial charge < -0.3 is 4.90 Å². The highest BCUT2D eigenvalue weighted by atomic mass is 15.1. The summed E-state index contributed by atoms with van der Waals surface area (Å²) < 4.78 is 0. The van der Waals surface area contributed by atoms with Gasteiger partial charge in [0, 0.05) is 11.8 Å². The smallest absolute Gasteiger partial charge is 0.0926 e. The number of likely N-dealkylation sites (tertiary alicyclic amines) is 1. The van der Waals surface area contributed by atoms with Gasteiger partial charge in [0.15, 0.2) is 0 Å². The van der Waals surface area contributed by atoms with E-state index in [0.29, 0.717) is 0 Å².